The minimum absolute atomic E-state index is 0. The molecule has 0 unspecified atom stereocenters. The molecule has 0 N–H and O–H groups in total. The maximum atomic E-state index is 4.27. The lowest BCUT2D eigenvalue weighted by atomic mass is 10.2. The molecule has 1 heterocycles. The Hall–Kier alpha value is -0.800. The van der Waals surface area contributed by atoms with E-state index in [4.69, 9.17) is 0 Å². The first-order valence-electron chi connectivity index (χ1n) is 5.03. The summed E-state index contributed by atoms with van der Waals surface area (Å²) in [5, 5.41) is 1.11. The molecule has 0 aliphatic carbocycles. The molecule has 1 aromatic carbocycles. The van der Waals surface area contributed by atoms with Gasteiger partial charge in [-0.1, -0.05) is 36.4 Å². The number of pyridine rings is 1. The van der Waals surface area contributed by atoms with Gasteiger partial charge < -0.3 is 0 Å². The summed E-state index contributed by atoms with van der Waals surface area (Å²) in [6, 6.07) is 16.6. The summed E-state index contributed by atoms with van der Waals surface area (Å²) in [5.41, 5.74) is 1.39. The van der Waals surface area contributed by atoms with Crippen LogP contribution in [-0.2, 0) is 6.42 Å². The van der Waals surface area contributed by atoms with Crippen LogP contribution in [0.25, 0.3) is 0 Å². The number of aromatic nitrogens is 1. The highest BCUT2D eigenvalue weighted by atomic mass is 79.9. The van der Waals surface area contributed by atoms with Crippen molar-refractivity contribution in [2.24, 2.45) is 0 Å². The molecule has 2 rings (SSSR count). The quantitative estimate of drug-likeness (QED) is 0.791. The van der Waals surface area contributed by atoms with Gasteiger partial charge >= 0.3 is 0 Å². The minimum atomic E-state index is 0. The Kier molecular flexibility index (Phi) is 6.19. The van der Waals surface area contributed by atoms with Crippen LogP contribution < -0.4 is 0 Å². The van der Waals surface area contributed by atoms with Gasteiger partial charge in [-0.05, 0) is 24.1 Å². The monoisotopic (exact) mass is 295 g/mol. The topological polar surface area (TPSA) is 12.9 Å². The number of aryl methyl sites for hydroxylation is 1. The third-order valence-corrected chi connectivity index (χ3v) is 3.07. The summed E-state index contributed by atoms with van der Waals surface area (Å²) in [7, 11) is 0. The van der Waals surface area contributed by atoms with E-state index in [9.17, 15) is 0 Å². The van der Waals surface area contributed by atoms with E-state index in [2.05, 4.69) is 41.4 Å². The van der Waals surface area contributed by atoms with E-state index in [0.717, 1.165) is 17.2 Å². The second-order valence-corrected chi connectivity index (χ2v) is 4.37. The Labute approximate surface area is 111 Å². The molecular formula is C13H14BrNS. The molecule has 3 heteroatoms. The molecule has 0 aliphatic rings. The molecule has 0 bridgehead atoms. The summed E-state index contributed by atoms with van der Waals surface area (Å²) in [6.45, 7) is 0. The van der Waals surface area contributed by atoms with Crippen LogP contribution in [0.1, 0.15) is 5.56 Å². The van der Waals surface area contributed by atoms with Gasteiger partial charge in [0.2, 0.25) is 0 Å². The minimum Gasteiger partial charge on any atom is -0.250 e. The van der Waals surface area contributed by atoms with Crippen LogP contribution in [-0.4, -0.2) is 10.7 Å². The summed E-state index contributed by atoms with van der Waals surface area (Å²) >= 11 is 1.80. The first-order chi connectivity index (χ1) is 7.45. The zero-order valence-corrected chi connectivity index (χ0v) is 11.4. The van der Waals surface area contributed by atoms with Crippen LogP contribution >= 0.6 is 28.7 Å². The molecule has 0 fully saturated rings. The van der Waals surface area contributed by atoms with Crippen LogP contribution in [0.2, 0.25) is 0 Å². The van der Waals surface area contributed by atoms with Crippen LogP contribution in [0.4, 0.5) is 0 Å². The third-order valence-electron chi connectivity index (χ3n) is 2.12. The van der Waals surface area contributed by atoms with Crippen molar-refractivity contribution in [3.8, 4) is 0 Å². The van der Waals surface area contributed by atoms with Gasteiger partial charge in [-0.3, -0.25) is 0 Å². The standard InChI is InChI=1S/C13H13NS.BrH/c1-2-6-12(7-3-1)9-11-15-13-8-4-5-10-14-13;/h1-8,10H,9,11H2;1H. The van der Waals surface area contributed by atoms with Gasteiger partial charge in [-0.2, -0.15) is 0 Å². The molecule has 0 amide bonds. The van der Waals surface area contributed by atoms with E-state index in [-0.39, 0.29) is 17.0 Å². The Morgan fingerprint density at radius 1 is 0.938 bits per heavy atom. The number of halogens is 1. The van der Waals surface area contributed by atoms with Gasteiger partial charge in [-0.15, -0.1) is 28.7 Å². The average molecular weight is 296 g/mol. The van der Waals surface area contributed by atoms with Crippen LogP contribution in [0.3, 0.4) is 0 Å². The van der Waals surface area contributed by atoms with Crippen molar-refractivity contribution < 1.29 is 0 Å². The van der Waals surface area contributed by atoms with Gasteiger partial charge in [0, 0.05) is 11.9 Å². The Bertz CT molecular complexity index is 352. The predicted octanol–water partition coefficient (Wildman–Crippen LogP) is 3.99. The number of rotatable bonds is 4. The third kappa shape index (κ3) is 4.37. The number of benzene rings is 1. The molecule has 16 heavy (non-hydrogen) atoms. The zero-order valence-electron chi connectivity index (χ0n) is 8.87. The highest BCUT2D eigenvalue weighted by Gasteiger charge is 1.95. The fourth-order valence-corrected chi connectivity index (χ4v) is 2.21. The highest BCUT2D eigenvalue weighted by molar-refractivity contribution is 8.93. The first-order valence-corrected chi connectivity index (χ1v) is 6.01. The Morgan fingerprint density at radius 3 is 2.38 bits per heavy atom. The second-order valence-electron chi connectivity index (χ2n) is 3.25. The van der Waals surface area contributed by atoms with Crippen LogP contribution in [0.5, 0.6) is 0 Å². The number of hydrogen-bond donors (Lipinski definition) is 0. The maximum absolute atomic E-state index is 4.27. The summed E-state index contributed by atoms with van der Waals surface area (Å²) in [4.78, 5) is 4.27. The molecule has 1 nitrogen and oxygen atoms in total. The van der Waals surface area contributed by atoms with Crippen molar-refractivity contribution in [2.45, 2.75) is 11.4 Å². The summed E-state index contributed by atoms with van der Waals surface area (Å²) in [5.74, 6) is 1.08. The highest BCUT2D eigenvalue weighted by Crippen LogP contribution is 2.15. The van der Waals surface area contributed by atoms with Crippen molar-refractivity contribution in [1.82, 2.24) is 4.98 Å². The fraction of sp³-hybridized carbons (Fsp3) is 0.154. The largest absolute Gasteiger partial charge is 0.250 e. The van der Waals surface area contributed by atoms with Crippen molar-refractivity contribution in [1.29, 1.82) is 0 Å². The summed E-state index contributed by atoms with van der Waals surface area (Å²) < 4.78 is 0. The lowest BCUT2D eigenvalue weighted by molar-refractivity contribution is 1.11. The SMILES string of the molecule is Br.c1ccc(CCSc2ccccn2)cc1. The maximum Gasteiger partial charge on any atom is 0.0959 e. The van der Waals surface area contributed by atoms with Crippen LogP contribution in [0.15, 0.2) is 59.8 Å². The van der Waals surface area contributed by atoms with Gasteiger partial charge in [0.1, 0.15) is 0 Å². The number of hydrogen-bond acceptors (Lipinski definition) is 2. The molecule has 0 spiro atoms. The van der Waals surface area contributed by atoms with Gasteiger partial charge in [0.05, 0.1) is 5.03 Å². The van der Waals surface area contributed by atoms with Crippen molar-refractivity contribution in [3.05, 3.63) is 60.3 Å². The molecule has 0 saturated carbocycles. The van der Waals surface area contributed by atoms with E-state index < -0.39 is 0 Å². The second kappa shape index (κ2) is 7.47. The smallest absolute Gasteiger partial charge is 0.0959 e. The fourth-order valence-electron chi connectivity index (χ4n) is 1.35. The average Bonchev–Trinajstić information content (AvgIpc) is 2.32. The normalized spacial score (nSPS) is 9.50. The van der Waals surface area contributed by atoms with E-state index in [1.807, 2.05) is 18.3 Å². The van der Waals surface area contributed by atoms with Gasteiger partial charge in [-0.25, -0.2) is 4.98 Å². The molecule has 0 radical (unpaired) electrons. The molecule has 2 aromatic rings. The van der Waals surface area contributed by atoms with Crippen LogP contribution in [0, 0.1) is 0 Å². The molecule has 84 valence electrons. The molecule has 0 atom stereocenters. The lowest BCUT2D eigenvalue weighted by Gasteiger charge is -2.00. The van der Waals surface area contributed by atoms with Crippen molar-refractivity contribution in [2.75, 3.05) is 5.75 Å². The van der Waals surface area contributed by atoms with Crippen molar-refractivity contribution >= 4 is 28.7 Å². The zero-order chi connectivity index (χ0) is 10.3. The van der Waals surface area contributed by atoms with Gasteiger partial charge in [0.15, 0.2) is 0 Å². The van der Waals surface area contributed by atoms with Gasteiger partial charge in [0.25, 0.3) is 0 Å². The molecule has 0 saturated heterocycles. The van der Waals surface area contributed by atoms with E-state index >= 15 is 0 Å². The molecule has 0 aliphatic heterocycles. The Morgan fingerprint density at radius 2 is 1.69 bits per heavy atom. The predicted molar refractivity (Wildman–Crippen MR) is 75.4 cm³/mol. The number of thioether (sulfide) groups is 1. The molecule has 1 aromatic heterocycles. The van der Waals surface area contributed by atoms with E-state index in [1.165, 1.54) is 5.56 Å². The van der Waals surface area contributed by atoms with E-state index in [0.29, 0.717) is 0 Å². The number of nitrogens with zero attached hydrogens (tertiary/aromatic N) is 1. The van der Waals surface area contributed by atoms with E-state index in [1.54, 1.807) is 11.8 Å². The molecular weight excluding hydrogens is 282 g/mol. The first kappa shape index (κ1) is 13.3. The summed E-state index contributed by atoms with van der Waals surface area (Å²) in [6.07, 6.45) is 2.94. The lowest BCUT2D eigenvalue weighted by Crippen LogP contribution is -1.88. The Balaban J connectivity index is 0.00000128. The van der Waals surface area contributed by atoms with Crippen molar-refractivity contribution in [3.63, 3.8) is 0 Å².